The van der Waals surface area contributed by atoms with Gasteiger partial charge in [-0.3, -0.25) is 9.59 Å². The van der Waals surface area contributed by atoms with Crippen molar-refractivity contribution in [2.75, 3.05) is 49.6 Å². The summed E-state index contributed by atoms with van der Waals surface area (Å²) in [5.41, 5.74) is -1.25. The van der Waals surface area contributed by atoms with Crippen molar-refractivity contribution in [3.05, 3.63) is 50.4 Å². The minimum absolute atomic E-state index is 0.0212. The molecule has 1 aromatic carbocycles. The van der Waals surface area contributed by atoms with Crippen LogP contribution in [0.5, 0.6) is 0 Å². The minimum Gasteiger partial charge on any atom is -0.444 e. The molecular formula is C31H37ClF3N7O5. The van der Waals surface area contributed by atoms with Gasteiger partial charge in [0.2, 0.25) is 17.6 Å². The second-order valence-electron chi connectivity index (χ2n) is 13.5. The van der Waals surface area contributed by atoms with Crippen LogP contribution in [0.15, 0.2) is 23.0 Å². The van der Waals surface area contributed by atoms with Gasteiger partial charge in [0.15, 0.2) is 0 Å². The number of amides is 2. The number of hydrogen-bond acceptors (Lipinski definition) is 8. The molecule has 12 nitrogen and oxygen atoms in total. The van der Waals surface area contributed by atoms with Gasteiger partial charge in [-0.1, -0.05) is 18.5 Å². The molecule has 1 aliphatic carbocycles. The molecule has 2 aromatic heterocycles. The molecule has 0 saturated carbocycles. The Morgan fingerprint density at radius 2 is 1.81 bits per heavy atom. The van der Waals surface area contributed by atoms with Gasteiger partial charge >= 0.3 is 12.3 Å². The van der Waals surface area contributed by atoms with Crippen molar-refractivity contribution < 1.29 is 32.2 Å². The molecule has 2 fully saturated rings. The highest BCUT2D eigenvalue weighted by atomic mass is 35.5. The van der Waals surface area contributed by atoms with Crippen LogP contribution in [-0.2, 0) is 32.4 Å². The quantitative estimate of drug-likeness (QED) is 0.417. The zero-order valence-corrected chi connectivity index (χ0v) is 27.4. The summed E-state index contributed by atoms with van der Waals surface area (Å²) >= 11 is 6.13. The van der Waals surface area contributed by atoms with Crippen LogP contribution in [-0.4, -0.2) is 81.1 Å². The van der Waals surface area contributed by atoms with E-state index in [4.69, 9.17) is 26.1 Å². The van der Waals surface area contributed by atoms with Gasteiger partial charge in [-0.05, 0) is 64.2 Å². The van der Waals surface area contributed by atoms with E-state index >= 15 is 0 Å². The van der Waals surface area contributed by atoms with E-state index in [0.29, 0.717) is 75.9 Å². The molecule has 0 radical (unpaired) electrons. The Morgan fingerprint density at radius 3 is 2.43 bits per heavy atom. The standard InChI is InChI=1S/C31H37ClF3N7O5/c1-18-16-30(7-9-40(10-8-30)28(45)47-29(2,3)4)23-24(18)41(17-22(43)36-21-6-5-19(15-20(21)32)31(33,34)35)27-37-26(38-42(27)25(23)44)39-11-13-46-14-12-39/h5-6,15,18H,7-14,16-17H2,1-4H3,(H,36,43)/t18-/m1/s1. The number of hydrogen-bond donors (Lipinski definition) is 1. The Bertz CT molecular complexity index is 1770. The van der Waals surface area contributed by atoms with Crippen molar-refractivity contribution in [2.45, 2.75) is 76.6 Å². The van der Waals surface area contributed by atoms with Crippen LogP contribution < -0.4 is 15.8 Å². The minimum atomic E-state index is -4.59. The Hall–Kier alpha value is -3.85. The number of alkyl halides is 3. The summed E-state index contributed by atoms with van der Waals surface area (Å²) in [5, 5.41) is 6.96. The zero-order chi connectivity index (χ0) is 33.9. The first-order chi connectivity index (χ1) is 22.1. The average molecular weight is 680 g/mol. The summed E-state index contributed by atoms with van der Waals surface area (Å²) < 4.78 is 53.5. The fourth-order valence-corrected chi connectivity index (χ4v) is 7.16. The van der Waals surface area contributed by atoms with Crippen molar-refractivity contribution in [3.8, 4) is 0 Å². The normalized spacial score (nSPS) is 19.7. The fraction of sp³-hybridized carbons (Fsp3) is 0.581. The van der Waals surface area contributed by atoms with E-state index in [0.717, 1.165) is 18.2 Å². The molecule has 0 bridgehead atoms. The van der Waals surface area contributed by atoms with E-state index in [-0.39, 0.29) is 34.5 Å². The highest BCUT2D eigenvalue weighted by Crippen LogP contribution is 2.50. The summed E-state index contributed by atoms with van der Waals surface area (Å²) in [6.07, 6.45) is -3.34. The van der Waals surface area contributed by atoms with Crippen LogP contribution in [0.4, 0.5) is 29.6 Å². The molecule has 4 heterocycles. The number of piperidine rings is 1. The molecule has 2 aliphatic heterocycles. The number of benzene rings is 1. The first-order valence-electron chi connectivity index (χ1n) is 15.6. The molecule has 254 valence electrons. The molecule has 3 aliphatic rings. The summed E-state index contributed by atoms with van der Waals surface area (Å²) in [7, 11) is 0. The second-order valence-corrected chi connectivity index (χ2v) is 13.9. The van der Waals surface area contributed by atoms with Gasteiger partial charge in [0, 0.05) is 42.9 Å². The van der Waals surface area contributed by atoms with E-state index in [1.807, 2.05) is 32.6 Å². The summed E-state index contributed by atoms with van der Waals surface area (Å²) in [4.78, 5) is 48.9. The highest BCUT2D eigenvalue weighted by molar-refractivity contribution is 6.33. The molecule has 2 amide bonds. The Balaban J connectivity index is 1.38. The van der Waals surface area contributed by atoms with Crippen molar-refractivity contribution in [2.24, 2.45) is 0 Å². The number of aromatic nitrogens is 4. The van der Waals surface area contributed by atoms with E-state index in [1.165, 1.54) is 4.52 Å². The van der Waals surface area contributed by atoms with Crippen molar-refractivity contribution in [3.63, 3.8) is 0 Å². The monoisotopic (exact) mass is 679 g/mol. The first-order valence-corrected chi connectivity index (χ1v) is 16.0. The molecule has 1 N–H and O–H groups in total. The fourth-order valence-electron chi connectivity index (χ4n) is 6.94. The van der Waals surface area contributed by atoms with Gasteiger partial charge in [-0.2, -0.15) is 22.7 Å². The molecule has 16 heteroatoms. The molecule has 3 aromatic rings. The van der Waals surface area contributed by atoms with Crippen LogP contribution in [0.3, 0.4) is 0 Å². The number of fused-ring (bicyclic) bond motifs is 3. The maximum atomic E-state index is 14.3. The van der Waals surface area contributed by atoms with Crippen LogP contribution in [0.25, 0.3) is 5.78 Å². The van der Waals surface area contributed by atoms with Gasteiger partial charge in [0.1, 0.15) is 12.1 Å². The molecule has 6 rings (SSSR count). The van der Waals surface area contributed by atoms with Gasteiger partial charge in [0.05, 0.1) is 29.5 Å². The number of nitrogens with zero attached hydrogens (tertiary/aromatic N) is 6. The number of ether oxygens (including phenoxy) is 2. The third kappa shape index (κ3) is 6.39. The van der Waals surface area contributed by atoms with Crippen molar-refractivity contribution in [1.29, 1.82) is 0 Å². The summed E-state index contributed by atoms with van der Waals surface area (Å²) in [6, 6.07) is 2.71. The predicted molar refractivity (Wildman–Crippen MR) is 167 cm³/mol. The summed E-state index contributed by atoms with van der Waals surface area (Å²) in [6.45, 7) is 9.90. The zero-order valence-electron chi connectivity index (χ0n) is 26.6. The number of carbonyl (C=O) groups is 2. The van der Waals surface area contributed by atoms with Gasteiger partial charge in [0.25, 0.3) is 5.56 Å². The Morgan fingerprint density at radius 1 is 1.13 bits per heavy atom. The molecule has 1 atom stereocenters. The van der Waals surface area contributed by atoms with E-state index in [9.17, 15) is 27.6 Å². The predicted octanol–water partition coefficient (Wildman–Crippen LogP) is 4.81. The summed E-state index contributed by atoms with van der Waals surface area (Å²) in [5.74, 6) is -0.209. The van der Waals surface area contributed by atoms with Crippen LogP contribution >= 0.6 is 11.6 Å². The van der Waals surface area contributed by atoms with Gasteiger partial charge in [-0.25, -0.2) is 4.79 Å². The maximum absolute atomic E-state index is 14.3. The number of morpholine rings is 1. The SMILES string of the molecule is C[C@@H]1CC2(CCN(C(=O)OC(C)(C)C)CC2)c2c1n(CC(=O)Nc1ccc(C(F)(F)F)cc1Cl)c1nc(N3CCOCC3)nn1c2=O. The van der Waals surface area contributed by atoms with Crippen molar-refractivity contribution >= 4 is 41.0 Å². The van der Waals surface area contributed by atoms with Crippen molar-refractivity contribution in [1.82, 2.24) is 24.1 Å². The third-order valence-electron chi connectivity index (χ3n) is 9.01. The van der Waals surface area contributed by atoms with E-state index < -0.39 is 34.8 Å². The Kier molecular flexibility index (Phi) is 8.44. The number of rotatable bonds is 4. The first kappa shape index (κ1) is 33.1. The number of carbonyl (C=O) groups excluding carboxylic acids is 2. The number of likely N-dealkylation sites (tertiary alicyclic amines) is 1. The topological polar surface area (TPSA) is 123 Å². The van der Waals surface area contributed by atoms with E-state index in [1.54, 1.807) is 9.47 Å². The lowest BCUT2D eigenvalue weighted by Crippen LogP contribution is -2.48. The highest BCUT2D eigenvalue weighted by Gasteiger charge is 2.49. The number of halogens is 4. The number of nitrogens with one attached hydrogen (secondary N) is 1. The second kappa shape index (κ2) is 12.0. The molecule has 47 heavy (non-hydrogen) atoms. The molecule has 2 saturated heterocycles. The van der Waals surface area contributed by atoms with Crippen LogP contribution in [0.1, 0.15) is 69.7 Å². The molecular weight excluding hydrogens is 643 g/mol. The van der Waals surface area contributed by atoms with E-state index in [2.05, 4.69) is 10.4 Å². The van der Waals surface area contributed by atoms with Gasteiger partial charge < -0.3 is 29.2 Å². The lowest BCUT2D eigenvalue weighted by Gasteiger charge is -2.40. The van der Waals surface area contributed by atoms with Crippen LogP contribution in [0.2, 0.25) is 5.02 Å². The number of anilines is 2. The maximum Gasteiger partial charge on any atom is 0.416 e. The third-order valence-corrected chi connectivity index (χ3v) is 9.32. The smallest absolute Gasteiger partial charge is 0.416 e. The molecule has 1 spiro atoms. The largest absolute Gasteiger partial charge is 0.444 e. The molecule has 0 unspecified atom stereocenters. The lowest BCUT2D eigenvalue weighted by atomic mass is 9.74. The Labute approximate surface area is 273 Å². The average Bonchev–Trinajstić information content (AvgIpc) is 3.56. The van der Waals surface area contributed by atoms with Gasteiger partial charge in [-0.15, -0.1) is 5.10 Å². The van der Waals surface area contributed by atoms with Crippen LogP contribution in [0, 0.1) is 0 Å². The lowest BCUT2D eigenvalue weighted by molar-refractivity contribution is -0.137.